The predicted octanol–water partition coefficient (Wildman–Crippen LogP) is 1.82. The molecular weight excluding hydrogens is 190 g/mol. The zero-order valence-electron chi connectivity index (χ0n) is 8.57. The van der Waals surface area contributed by atoms with E-state index in [-0.39, 0.29) is 11.7 Å². The van der Waals surface area contributed by atoms with Gasteiger partial charge in [0, 0.05) is 13.1 Å². The number of hydrogen-bond acceptors (Lipinski definition) is 2. The van der Waals surface area contributed by atoms with E-state index in [0.717, 1.165) is 25.9 Å². The summed E-state index contributed by atoms with van der Waals surface area (Å²) >= 11 is 0. The van der Waals surface area contributed by atoms with Gasteiger partial charge in [0.05, 0.1) is 5.56 Å². The van der Waals surface area contributed by atoms with Crippen LogP contribution in [0.5, 0.6) is 5.75 Å². The standard InChI is InChI=1S/C12H14NO2/c14-11-7-3-2-6-10(11)12(15)13-8-4-1-5-9-13/h2-3,7,14H,1,4-5,8-9H2. The SMILES string of the molecule is O=C(c1[c]cccc1O)N1CCCCC1. The third kappa shape index (κ3) is 2.12. The fourth-order valence-corrected chi connectivity index (χ4v) is 1.85. The van der Waals surface area contributed by atoms with Gasteiger partial charge in [-0.15, -0.1) is 0 Å². The molecule has 0 unspecified atom stereocenters. The van der Waals surface area contributed by atoms with Crippen LogP contribution in [0.3, 0.4) is 0 Å². The summed E-state index contributed by atoms with van der Waals surface area (Å²) in [6, 6.07) is 7.63. The van der Waals surface area contributed by atoms with Gasteiger partial charge in [-0.25, -0.2) is 0 Å². The maximum absolute atomic E-state index is 12.0. The normalized spacial score (nSPS) is 16.4. The van der Waals surface area contributed by atoms with E-state index in [0.29, 0.717) is 5.56 Å². The van der Waals surface area contributed by atoms with Crippen LogP contribution in [-0.2, 0) is 0 Å². The van der Waals surface area contributed by atoms with Crippen LogP contribution in [0.2, 0.25) is 0 Å². The van der Waals surface area contributed by atoms with Gasteiger partial charge in [0.15, 0.2) is 0 Å². The summed E-state index contributed by atoms with van der Waals surface area (Å²) in [7, 11) is 0. The first kappa shape index (κ1) is 10.0. The number of aromatic hydroxyl groups is 1. The number of nitrogens with zero attached hydrogens (tertiary/aromatic N) is 1. The van der Waals surface area contributed by atoms with Crippen molar-refractivity contribution < 1.29 is 9.90 Å². The molecule has 1 heterocycles. The average molecular weight is 204 g/mol. The summed E-state index contributed by atoms with van der Waals surface area (Å²) in [5, 5.41) is 9.53. The first-order valence-electron chi connectivity index (χ1n) is 5.28. The monoisotopic (exact) mass is 204 g/mol. The first-order chi connectivity index (χ1) is 7.29. The third-order valence-electron chi connectivity index (χ3n) is 2.69. The molecule has 1 fully saturated rings. The Kier molecular flexibility index (Phi) is 2.90. The zero-order valence-corrected chi connectivity index (χ0v) is 8.57. The molecule has 1 aromatic rings. The van der Waals surface area contributed by atoms with Crippen LogP contribution in [0.25, 0.3) is 0 Å². The highest BCUT2D eigenvalue weighted by molar-refractivity contribution is 5.96. The average Bonchev–Trinajstić information content (AvgIpc) is 2.30. The Balaban J connectivity index is 2.16. The van der Waals surface area contributed by atoms with E-state index >= 15 is 0 Å². The first-order valence-corrected chi connectivity index (χ1v) is 5.28. The molecule has 0 spiro atoms. The summed E-state index contributed by atoms with van der Waals surface area (Å²) in [5.74, 6) is -0.0825. The Morgan fingerprint density at radius 1 is 1.33 bits per heavy atom. The molecule has 0 bridgehead atoms. The second-order valence-corrected chi connectivity index (χ2v) is 3.78. The molecule has 15 heavy (non-hydrogen) atoms. The molecule has 1 saturated heterocycles. The summed E-state index contributed by atoms with van der Waals surface area (Å²) < 4.78 is 0. The Hall–Kier alpha value is -1.51. The lowest BCUT2D eigenvalue weighted by molar-refractivity contribution is 0.0721. The number of carbonyl (C=O) groups excluding carboxylic acids is 1. The molecular formula is C12H14NO2. The van der Waals surface area contributed by atoms with Gasteiger partial charge < -0.3 is 10.0 Å². The molecule has 0 aliphatic carbocycles. The van der Waals surface area contributed by atoms with Crippen LogP contribution < -0.4 is 0 Å². The van der Waals surface area contributed by atoms with Gasteiger partial charge in [0.2, 0.25) is 0 Å². The van der Waals surface area contributed by atoms with Crippen LogP contribution in [0.1, 0.15) is 29.6 Å². The Bertz CT molecular complexity index is 356. The van der Waals surface area contributed by atoms with Crippen LogP contribution in [-0.4, -0.2) is 29.0 Å². The molecule has 1 amide bonds. The van der Waals surface area contributed by atoms with Crippen molar-refractivity contribution in [1.82, 2.24) is 4.90 Å². The lowest BCUT2D eigenvalue weighted by Crippen LogP contribution is -2.35. The van der Waals surface area contributed by atoms with Gasteiger partial charge >= 0.3 is 0 Å². The molecule has 1 aromatic carbocycles. The van der Waals surface area contributed by atoms with Crippen LogP contribution in [0.15, 0.2) is 18.2 Å². The highest BCUT2D eigenvalue weighted by Crippen LogP contribution is 2.19. The zero-order chi connectivity index (χ0) is 10.7. The second kappa shape index (κ2) is 4.34. The molecule has 1 radical (unpaired) electrons. The van der Waals surface area contributed by atoms with E-state index in [1.807, 2.05) is 0 Å². The number of carbonyl (C=O) groups is 1. The number of rotatable bonds is 1. The molecule has 3 heteroatoms. The molecule has 3 nitrogen and oxygen atoms in total. The maximum Gasteiger partial charge on any atom is 0.258 e. The van der Waals surface area contributed by atoms with Crippen molar-refractivity contribution in [3.63, 3.8) is 0 Å². The van der Waals surface area contributed by atoms with Crippen LogP contribution >= 0.6 is 0 Å². The molecule has 0 atom stereocenters. The van der Waals surface area contributed by atoms with E-state index in [9.17, 15) is 9.90 Å². The van der Waals surface area contributed by atoms with Crippen LogP contribution in [0, 0.1) is 6.07 Å². The van der Waals surface area contributed by atoms with Gasteiger partial charge in [0.1, 0.15) is 5.75 Å². The molecule has 0 saturated carbocycles. The number of benzene rings is 1. The van der Waals surface area contributed by atoms with Crippen molar-refractivity contribution in [2.24, 2.45) is 0 Å². The second-order valence-electron chi connectivity index (χ2n) is 3.78. The van der Waals surface area contributed by atoms with Crippen molar-refractivity contribution in [2.45, 2.75) is 19.3 Å². The van der Waals surface area contributed by atoms with Crippen molar-refractivity contribution in [3.8, 4) is 5.75 Å². The number of likely N-dealkylation sites (tertiary alicyclic amines) is 1. The van der Waals surface area contributed by atoms with Crippen molar-refractivity contribution in [1.29, 1.82) is 0 Å². The van der Waals surface area contributed by atoms with Crippen molar-refractivity contribution in [3.05, 3.63) is 29.8 Å². The highest BCUT2D eigenvalue weighted by atomic mass is 16.3. The van der Waals surface area contributed by atoms with E-state index < -0.39 is 0 Å². The number of hydrogen-bond donors (Lipinski definition) is 1. The third-order valence-corrected chi connectivity index (χ3v) is 2.69. The fourth-order valence-electron chi connectivity index (χ4n) is 1.85. The molecule has 1 aliphatic rings. The molecule has 79 valence electrons. The largest absolute Gasteiger partial charge is 0.507 e. The van der Waals surface area contributed by atoms with Crippen LogP contribution in [0.4, 0.5) is 0 Å². The Morgan fingerprint density at radius 2 is 2.07 bits per heavy atom. The van der Waals surface area contributed by atoms with Gasteiger partial charge in [-0.1, -0.05) is 12.1 Å². The highest BCUT2D eigenvalue weighted by Gasteiger charge is 2.20. The summed E-state index contributed by atoms with van der Waals surface area (Å²) in [5.41, 5.74) is 0.291. The molecule has 1 aliphatic heterocycles. The van der Waals surface area contributed by atoms with Gasteiger partial charge in [-0.3, -0.25) is 4.79 Å². The summed E-state index contributed by atoms with van der Waals surface area (Å²) in [6.45, 7) is 1.59. The van der Waals surface area contributed by atoms with Gasteiger partial charge in [0.25, 0.3) is 5.91 Å². The Morgan fingerprint density at radius 3 is 2.73 bits per heavy atom. The number of piperidine rings is 1. The quantitative estimate of drug-likeness (QED) is 0.758. The van der Waals surface area contributed by atoms with Gasteiger partial charge in [-0.05, 0) is 31.4 Å². The summed E-state index contributed by atoms with van der Waals surface area (Å²) in [4.78, 5) is 13.7. The minimum Gasteiger partial charge on any atom is -0.507 e. The molecule has 0 aromatic heterocycles. The smallest absolute Gasteiger partial charge is 0.258 e. The molecule has 2 rings (SSSR count). The minimum atomic E-state index is -0.104. The topological polar surface area (TPSA) is 40.5 Å². The van der Waals surface area contributed by atoms with E-state index in [4.69, 9.17) is 0 Å². The maximum atomic E-state index is 12.0. The van der Waals surface area contributed by atoms with Crippen molar-refractivity contribution in [2.75, 3.05) is 13.1 Å². The van der Waals surface area contributed by atoms with E-state index in [1.165, 1.54) is 12.5 Å². The number of phenols is 1. The Labute approximate surface area is 89.3 Å². The fraction of sp³-hybridized carbons (Fsp3) is 0.417. The molecule has 1 N–H and O–H groups in total. The van der Waals surface area contributed by atoms with E-state index in [2.05, 4.69) is 6.07 Å². The number of phenolic OH excluding ortho intramolecular Hbond substituents is 1. The van der Waals surface area contributed by atoms with E-state index in [1.54, 1.807) is 17.0 Å². The van der Waals surface area contributed by atoms with Gasteiger partial charge in [-0.2, -0.15) is 0 Å². The lowest BCUT2D eigenvalue weighted by Gasteiger charge is -2.26. The summed E-state index contributed by atoms with van der Waals surface area (Å²) in [6.07, 6.45) is 3.30. The predicted molar refractivity (Wildman–Crippen MR) is 56.7 cm³/mol. The number of amides is 1. The van der Waals surface area contributed by atoms with Crippen molar-refractivity contribution >= 4 is 5.91 Å². The lowest BCUT2D eigenvalue weighted by atomic mass is 10.1. The minimum absolute atomic E-state index is 0.0214.